The van der Waals surface area contributed by atoms with E-state index in [-0.39, 0.29) is 5.91 Å². The van der Waals surface area contributed by atoms with Gasteiger partial charge in [0.1, 0.15) is 0 Å². The summed E-state index contributed by atoms with van der Waals surface area (Å²) < 4.78 is 1.87. The lowest BCUT2D eigenvalue weighted by Gasteiger charge is -2.08. The molecule has 1 saturated carbocycles. The van der Waals surface area contributed by atoms with Crippen molar-refractivity contribution in [3.05, 3.63) is 24.3 Å². The van der Waals surface area contributed by atoms with Crippen molar-refractivity contribution in [2.45, 2.75) is 45.6 Å². The molecule has 1 aliphatic carbocycles. The smallest absolute Gasteiger partial charge is 0.224 e. The van der Waals surface area contributed by atoms with Crippen LogP contribution in [0.15, 0.2) is 24.3 Å². The summed E-state index contributed by atoms with van der Waals surface area (Å²) in [5.74, 6) is 1.34. The van der Waals surface area contributed by atoms with Crippen molar-refractivity contribution in [2.24, 2.45) is 5.92 Å². The van der Waals surface area contributed by atoms with Crippen molar-refractivity contribution in [3.8, 4) is 11.4 Å². The van der Waals surface area contributed by atoms with Gasteiger partial charge in [-0.1, -0.05) is 26.0 Å². The van der Waals surface area contributed by atoms with Crippen molar-refractivity contribution in [1.82, 2.24) is 20.2 Å². The Kier molecular flexibility index (Phi) is 4.18. The lowest BCUT2D eigenvalue weighted by atomic mass is 10.1. The Morgan fingerprint density at radius 1 is 1.41 bits per heavy atom. The lowest BCUT2D eigenvalue weighted by molar-refractivity contribution is -0.116. The second-order valence-electron chi connectivity index (χ2n) is 6.24. The fraction of sp³-hybridized carbons (Fsp3) is 0.500. The molecule has 0 bridgehead atoms. The number of benzene rings is 1. The van der Waals surface area contributed by atoms with Gasteiger partial charge in [-0.15, -0.1) is 5.10 Å². The lowest BCUT2D eigenvalue weighted by Crippen LogP contribution is -2.12. The van der Waals surface area contributed by atoms with Crippen molar-refractivity contribution in [3.63, 3.8) is 0 Å². The van der Waals surface area contributed by atoms with Crippen LogP contribution in [0.3, 0.4) is 0 Å². The first-order valence-electron chi connectivity index (χ1n) is 7.81. The van der Waals surface area contributed by atoms with Crippen molar-refractivity contribution < 1.29 is 4.79 Å². The summed E-state index contributed by atoms with van der Waals surface area (Å²) in [6.07, 6.45) is 3.69. The Morgan fingerprint density at radius 3 is 2.95 bits per heavy atom. The Bertz CT molecular complexity index is 660. The predicted octanol–water partition coefficient (Wildman–Crippen LogP) is 3.05. The summed E-state index contributed by atoms with van der Waals surface area (Å²) >= 11 is 0. The summed E-state index contributed by atoms with van der Waals surface area (Å²) in [7, 11) is 0. The molecule has 1 aliphatic rings. The zero-order valence-corrected chi connectivity index (χ0v) is 13.0. The number of tetrazole rings is 1. The fourth-order valence-electron chi connectivity index (χ4n) is 2.33. The van der Waals surface area contributed by atoms with Crippen LogP contribution in [-0.4, -0.2) is 26.1 Å². The number of nitrogens with one attached hydrogen (secondary N) is 1. The molecule has 3 rings (SSSR count). The molecule has 0 spiro atoms. The van der Waals surface area contributed by atoms with Crippen LogP contribution in [0.2, 0.25) is 0 Å². The third-order valence-corrected chi connectivity index (χ3v) is 3.74. The maximum absolute atomic E-state index is 11.9. The van der Waals surface area contributed by atoms with Gasteiger partial charge in [-0.25, -0.2) is 4.68 Å². The molecule has 1 aromatic carbocycles. The predicted molar refractivity (Wildman–Crippen MR) is 84.2 cm³/mol. The van der Waals surface area contributed by atoms with E-state index in [0.717, 1.165) is 36.3 Å². The molecule has 1 aromatic heterocycles. The zero-order valence-electron chi connectivity index (χ0n) is 13.0. The van der Waals surface area contributed by atoms with Crippen LogP contribution in [0.4, 0.5) is 5.69 Å². The Balaban J connectivity index is 1.72. The van der Waals surface area contributed by atoms with Crippen LogP contribution in [0.1, 0.15) is 45.6 Å². The maximum Gasteiger partial charge on any atom is 0.224 e. The van der Waals surface area contributed by atoms with Gasteiger partial charge in [0.05, 0.1) is 6.04 Å². The standard InChI is InChI=1S/C16H21N5O/c1-11(2)6-9-15(22)17-13-5-3-4-12(10-13)16-18-19-20-21(16)14-7-8-14/h3-5,10-11,14H,6-9H2,1-2H3,(H,17,22). The molecule has 1 fully saturated rings. The van der Waals surface area contributed by atoms with Crippen LogP contribution in [0, 0.1) is 5.92 Å². The highest BCUT2D eigenvalue weighted by molar-refractivity contribution is 5.91. The third kappa shape index (κ3) is 3.50. The molecule has 1 amide bonds. The summed E-state index contributed by atoms with van der Waals surface area (Å²) in [4.78, 5) is 11.9. The summed E-state index contributed by atoms with van der Waals surface area (Å²) in [6.45, 7) is 4.23. The molecular weight excluding hydrogens is 278 g/mol. The molecule has 6 nitrogen and oxygen atoms in total. The van der Waals surface area contributed by atoms with E-state index in [1.165, 1.54) is 0 Å². The van der Waals surface area contributed by atoms with Crippen molar-refractivity contribution in [2.75, 3.05) is 5.32 Å². The third-order valence-electron chi connectivity index (χ3n) is 3.74. The number of aromatic nitrogens is 4. The molecule has 1 heterocycles. The summed E-state index contributed by atoms with van der Waals surface area (Å²) in [5, 5.41) is 14.9. The molecular formula is C16H21N5O. The number of carbonyl (C=O) groups excluding carboxylic acids is 1. The number of hydrogen-bond donors (Lipinski definition) is 1. The molecule has 0 radical (unpaired) electrons. The van der Waals surface area contributed by atoms with Gasteiger partial charge in [0.15, 0.2) is 5.82 Å². The number of carbonyl (C=O) groups is 1. The highest BCUT2D eigenvalue weighted by Crippen LogP contribution is 2.36. The number of amides is 1. The molecule has 1 N–H and O–H groups in total. The summed E-state index contributed by atoms with van der Waals surface area (Å²) in [5.41, 5.74) is 1.72. The van der Waals surface area contributed by atoms with E-state index in [9.17, 15) is 4.79 Å². The van der Waals surface area contributed by atoms with Gasteiger partial charge in [-0.3, -0.25) is 4.79 Å². The van der Waals surface area contributed by atoms with Crippen molar-refractivity contribution >= 4 is 11.6 Å². The molecule has 0 aliphatic heterocycles. The second-order valence-corrected chi connectivity index (χ2v) is 6.24. The molecule has 0 atom stereocenters. The van der Waals surface area contributed by atoms with Crippen molar-refractivity contribution in [1.29, 1.82) is 0 Å². The van der Waals surface area contributed by atoms with Gasteiger partial charge in [0.2, 0.25) is 5.91 Å². The minimum atomic E-state index is 0.0487. The monoisotopic (exact) mass is 299 g/mol. The normalized spacial score (nSPS) is 14.3. The average Bonchev–Trinajstić information content (AvgIpc) is 3.22. The van der Waals surface area contributed by atoms with E-state index in [4.69, 9.17) is 0 Å². The van der Waals surface area contributed by atoms with Crippen LogP contribution in [0.25, 0.3) is 11.4 Å². The number of nitrogens with zero attached hydrogens (tertiary/aromatic N) is 4. The van der Waals surface area contributed by atoms with E-state index in [1.807, 2.05) is 28.9 Å². The summed E-state index contributed by atoms with van der Waals surface area (Å²) in [6, 6.07) is 8.13. The first-order valence-corrected chi connectivity index (χ1v) is 7.81. The molecule has 116 valence electrons. The van der Waals surface area contributed by atoms with Gasteiger partial charge in [0.25, 0.3) is 0 Å². The average molecular weight is 299 g/mol. The molecule has 22 heavy (non-hydrogen) atoms. The van der Waals surface area contributed by atoms with Crippen LogP contribution < -0.4 is 5.32 Å². The number of hydrogen-bond acceptors (Lipinski definition) is 4. The topological polar surface area (TPSA) is 72.7 Å². The van der Waals surface area contributed by atoms with Gasteiger partial charge in [0, 0.05) is 17.7 Å². The minimum Gasteiger partial charge on any atom is -0.326 e. The fourth-order valence-corrected chi connectivity index (χ4v) is 2.33. The van der Waals surface area contributed by atoms with Crippen LogP contribution in [0.5, 0.6) is 0 Å². The molecule has 2 aromatic rings. The Labute approximate surface area is 129 Å². The zero-order chi connectivity index (χ0) is 15.5. The van der Waals surface area contributed by atoms with E-state index in [0.29, 0.717) is 18.4 Å². The van der Waals surface area contributed by atoms with Gasteiger partial charge in [-0.2, -0.15) is 0 Å². The molecule has 0 saturated heterocycles. The van der Waals surface area contributed by atoms with E-state index < -0.39 is 0 Å². The highest BCUT2D eigenvalue weighted by Gasteiger charge is 2.28. The van der Waals surface area contributed by atoms with Crippen LogP contribution in [-0.2, 0) is 4.79 Å². The largest absolute Gasteiger partial charge is 0.326 e. The van der Waals surface area contributed by atoms with E-state index in [1.54, 1.807) is 0 Å². The minimum absolute atomic E-state index is 0.0487. The Hall–Kier alpha value is -2.24. The maximum atomic E-state index is 11.9. The van der Waals surface area contributed by atoms with Gasteiger partial charge >= 0.3 is 0 Å². The highest BCUT2D eigenvalue weighted by atomic mass is 16.1. The SMILES string of the molecule is CC(C)CCC(=O)Nc1cccc(-c2nnnn2C2CC2)c1. The van der Waals surface area contributed by atoms with E-state index >= 15 is 0 Å². The van der Waals surface area contributed by atoms with Gasteiger partial charge in [-0.05, 0) is 47.7 Å². The van der Waals surface area contributed by atoms with Crippen LogP contribution >= 0.6 is 0 Å². The Morgan fingerprint density at radius 2 is 2.23 bits per heavy atom. The molecule has 0 unspecified atom stereocenters. The second kappa shape index (κ2) is 6.25. The van der Waals surface area contributed by atoms with E-state index in [2.05, 4.69) is 34.7 Å². The van der Waals surface area contributed by atoms with Gasteiger partial charge < -0.3 is 5.32 Å². The quantitative estimate of drug-likeness (QED) is 0.889. The number of rotatable bonds is 6. The molecule has 6 heteroatoms. The first kappa shape index (κ1) is 14.7. The number of anilines is 1. The first-order chi connectivity index (χ1) is 10.6.